The number of anilines is 1. The standard InChI is InChI=1S/C13H18N4O2/c18-17(19)13-12(5-2-8-15-13)16-9-3-6-11(16)10-4-1-7-14-10/h2,5,8,10-11,14H,1,3-4,6-7,9H2. The van der Waals surface area contributed by atoms with Crippen molar-refractivity contribution >= 4 is 11.5 Å². The Morgan fingerprint density at radius 1 is 1.42 bits per heavy atom. The summed E-state index contributed by atoms with van der Waals surface area (Å²) in [6.45, 7) is 1.94. The van der Waals surface area contributed by atoms with Gasteiger partial charge in [0.15, 0.2) is 0 Å². The van der Waals surface area contributed by atoms with Crippen molar-refractivity contribution in [3.8, 4) is 0 Å². The molecule has 2 saturated heterocycles. The SMILES string of the molecule is O=[N+]([O-])c1ncccc1N1CCCC1C1CCCN1. The smallest absolute Gasteiger partial charge is 0.360 e. The van der Waals surface area contributed by atoms with E-state index >= 15 is 0 Å². The van der Waals surface area contributed by atoms with Gasteiger partial charge in [0.25, 0.3) is 0 Å². The lowest BCUT2D eigenvalue weighted by atomic mass is 10.0. The molecule has 0 bridgehead atoms. The van der Waals surface area contributed by atoms with E-state index in [4.69, 9.17) is 0 Å². The highest BCUT2D eigenvalue weighted by molar-refractivity contribution is 5.60. The van der Waals surface area contributed by atoms with Crippen molar-refractivity contribution < 1.29 is 4.92 Å². The van der Waals surface area contributed by atoms with Crippen LogP contribution in [0.15, 0.2) is 18.3 Å². The first-order valence-electron chi connectivity index (χ1n) is 6.87. The molecule has 0 aliphatic carbocycles. The largest absolute Gasteiger partial charge is 0.387 e. The Morgan fingerprint density at radius 3 is 3.05 bits per heavy atom. The van der Waals surface area contributed by atoms with Gasteiger partial charge >= 0.3 is 5.82 Å². The average Bonchev–Trinajstić information content (AvgIpc) is 3.09. The van der Waals surface area contributed by atoms with Gasteiger partial charge in [-0.05, 0) is 54.3 Å². The van der Waals surface area contributed by atoms with Crippen molar-refractivity contribution in [2.24, 2.45) is 0 Å². The maximum Gasteiger partial charge on any atom is 0.387 e. The first-order valence-corrected chi connectivity index (χ1v) is 6.87. The minimum Gasteiger partial charge on any atom is -0.360 e. The van der Waals surface area contributed by atoms with Crippen molar-refractivity contribution in [2.75, 3.05) is 18.0 Å². The van der Waals surface area contributed by atoms with Crippen LogP contribution in [0.1, 0.15) is 25.7 Å². The third-order valence-electron chi connectivity index (χ3n) is 4.11. The summed E-state index contributed by atoms with van der Waals surface area (Å²) in [5, 5.41) is 14.6. The predicted molar refractivity (Wildman–Crippen MR) is 72.3 cm³/mol. The van der Waals surface area contributed by atoms with Gasteiger partial charge in [-0.1, -0.05) is 0 Å². The van der Waals surface area contributed by atoms with Crippen LogP contribution in [0.4, 0.5) is 11.5 Å². The van der Waals surface area contributed by atoms with Crippen LogP contribution in [-0.2, 0) is 0 Å². The molecule has 3 heterocycles. The second-order valence-corrected chi connectivity index (χ2v) is 5.21. The van der Waals surface area contributed by atoms with E-state index in [0.29, 0.717) is 17.8 Å². The Hall–Kier alpha value is -1.69. The fourth-order valence-electron chi connectivity index (χ4n) is 3.30. The molecule has 3 rings (SSSR count). The third-order valence-corrected chi connectivity index (χ3v) is 4.11. The van der Waals surface area contributed by atoms with Crippen LogP contribution in [0, 0.1) is 10.1 Å². The highest BCUT2D eigenvalue weighted by atomic mass is 16.6. The fraction of sp³-hybridized carbons (Fsp3) is 0.615. The molecule has 2 aliphatic heterocycles. The summed E-state index contributed by atoms with van der Waals surface area (Å²) in [4.78, 5) is 16.8. The highest BCUT2D eigenvalue weighted by Crippen LogP contribution is 2.34. The van der Waals surface area contributed by atoms with Gasteiger partial charge in [0.2, 0.25) is 0 Å². The summed E-state index contributed by atoms with van der Waals surface area (Å²) in [5.41, 5.74) is 0.670. The molecule has 6 nitrogen and oxygen atoms in total. The zero-order chi connectivity index (χ0) is 13.2. The summed E-state index contributed by atoms with van der Waals surface area (Å²) in [5.74, 6) is -0.0209. The number of rotatable bonds is 3. The Kier molecular flexibility index (Phi) is 3.33. The van der Waals surface area contributed by atoms with E-state index in [2.05, 4.69) is 15.2 Å². The quantitative estimate of drug-likeness (QED) is 0.663. The second kappa shape index (κ2) is 5.13. The van der Waals surface area contributed by atoms with E-state index in [1.165, 1.54) is 12.6 Å². The molecule has 2 fully saturated rings. The van der Waals surface area contributed by atoms with Crippen molar-refractivity contribution in [1.82, 2.24) is 10.3 Å². The molecule has 6 heteroatoms. The average molecular weight is 262 g/mol. The van der Waals surface area contributed by atoms with E-state index in [-0.39, 0.29) is 10.7 Å². The molecule has 2 aliphatic rings. The minimum atomic E-state index is -0.382. The van der Waals surface area contributed by atoms with E-state index in [1.807, 2.05) is 6.07 Å². The maximum atomic E-state index is 11.1. The molecule has 0 radical (unpaired) electrons. The van der Waals surface area contributed by atoms with Gasteiger partial charge in [0, 0.05) is 18.6 Å². The molecule has 1 aromatic rings. The predicted octanol–water partition coefficient (Wildman–Crippen LogP) is 1.71. The summed E-state index contributed by atoms with van der Waals surface area (Å²) < 4.78 is 0. The van der Waals surface area contributed by atoms with Crippen LogP contribution in [0.5, 0.6) is 0 Å². The monoisotopic (exact) mass is 262 g/mol. The highest BCUT2D eigenvalue weighted by Gasteiger charge is 2.36. The van der Waals surface area contributed by atoms with Gasteiger partial charge in [-0.3, -0.25) is 0 Å². The summed E-state index contributed by atoms with van der Waals surface area (Å²) >= 11 is 0. The van der Waals surface area contributed by atoms with Crippen LogP contribution in [0.25, 0.3) is 0 Å². The van der Waals surface area contributed by atoms with E-state index in [9.17, 15) is 10.1 Å². The Labute approximate surface area is 112 Å². The van der Waals surface area contributed by atoms with Gasteiger partial charge in [-0.25, -0.2) is 0 Å². The maximum absolute atomic E-state index is 11.1. The Bertz CT molecular complexity index is 473. The lowest BCUT2D eigenvalue weighted by molar-refractivity contribution is -0.388. The number of hydrogen-bond donors (Lipinski definition) is 1. The molecular weight excluding hydrogens is 244 g/mol. The normalized spacial score (nSPS) is 26.8. The molecule has 0 spiro atoms. The van der Waals surface area contributed by atoms with Crippen LogP contribution >= 0.6 is 0 Å². The molecule has 0 aromatic carbocycles. The van der Waals surface area contributed by atoms with Crippen LogP contribution in [0.2, 0.25) is 0 Å². The van der Waals surface area contributed by atoms with E-state index in [1.54, 1.807) is 6.07 Å². The van der Waals surface area contributed by atoms with Gasteiger partial charge in [-0.15, -0.1) is 0 Å². The lowest BCUT2D eigenvalue weighted by Crippen LogP contribution is -2.44. The molecule has 1 aromatic heterocycles. The number of nitro groups is 1. The minimum absolute atomic E-state index is 0.0209. The number of nitrogens with zero attached hydrogens (tertiary/aromatic N) is 3. The van der Waals surface area contributed by atoms with Gasteiger partial charge < -0.3 is 20.3 Å². The number of aromatic nitrogens is 1. The van der Waals surface area contributed by atoms with Gasteiger partial charge in [-0.2, -0.15) is 0 Å². The van der Waals surface area contributed by atoms with Crippen molar-refractivity contribution in [3.63, 3.8) is 0 Å². The van der Waals surface area contributed by atoms with Crippen LogP contribution < -0.4 is 10.2 Å². The number of pyridine rings is 1. The Balaban J connectivity index is 1.90. The molecular formula is C13H18N4O2. The third kappa shape index (κ3) is 2.28. The van der Waals surface area contributed by atoms with Crippen LogP contribution in [0.3, 0.4) is 0 Å². The zero-order valence-electron chi connectivity index (χ0n) is 10.8. The van der Waals surface area contributed by atoms with E-state index in [0.717, 1.165) is 32.4 Å². The molecule has 0 amide bonds. The molecule has 2 atom stereocenters. The number of nitrogens with one attached hydrogen (secondary N) is 1. The van der Waals surface area contributed by atoms with Crippen molar-refractivity contribution in [3.05, 3.63) is 28.4 Å². The zero-order valence-corrected chi connectivity index (χ0v) is 10.8. The molecule has 0 saturated carbocycles. The van der Waals surface area contributed by atoms with Crippen molar-refractivity contribution in [1.29, 1.82) is 0 Å². The number of hydrogen-bond acceptors (Lipinski definition) is 5. The summed E-state index contributed by atoms with van der Waals surface area (Å²) in [6, 6.07) is 4.42. The fourth-order valence-corrected chi connectivity index (χ4v) is 3.30. The summed E-state index contributed by atoms with van der Waals surface area (Å²) in [7, 11) is 0. The van der Waals surface area contributed by atoms with Crippen molar-refractivity contribution in [2.45, 2.75) is 37.8 Å². The Morgan fingerprint density at radius 2 is 2.32 bits per heavy atom. The second-order valence-electron chi connectivity index (χ2n) is 5.21. The first kappa shape index (κ1) is 12.3. The van der Waals surface area contributed by atoms with E-state index < -0.39 is 0 Å². The molecule has 1 N–H and O–H groups in total. The summed E-state index contributed by atoms with van der Waals surface area (Å²) in [6.07, 6.45) is 6.04. The first-order chi connectivity index (χ1) is 9.27. The molecule has 102 valence electrons. The molecule has 2 unspecified atom stereocenters. The van der Waals surface area contributed by atoms with Gasteiger partial charge in [0.1, 0.15) is 11.9 Å². The lowest BCUT2D eigenvalue weighted by Gasteiger charge is -2.30. The van der Waals surface area contributed by atoms with Crippen LogP contribution in [-0.4, -0.2) is 35.1 Å². The van der Waals surface area contributed by atoms with Gasteiger partial charge in [0.05, 0.1) is 0 Å². The molecule has 19 heavy (non-hydrogen) atoms. The topological polar surface area (TPSA) is 71.3 Å².